The Kier molecular flexibility index (Phi) is 5.21. The van der Waals surface area contributed by atoms with Gasteiger partial charge in [0.2, 0.25) is 0 Å². The smallest absolute Gasteiger partial charge is 0.261 e. The van der Waals surface area contributed by atoms with Crippen molar-refractivity contribution < 1.29 is 17.9 Å². The Morgan fingerprint density at radius 2 is 2.12 bits per heavy atom. The van der Waals surface area contributed by atoms with E-state index in [4.69, 9.17) is 5.73 Å². The van der Waals surface area contributed by atoms with Gasteiger partial charge in [-0.25, -0.2) is 13.2 Å². The van der Waals surface area contributed by atoms with Gasteiger partial charge in [0.15, 0.2) is 0 Å². The van der Waals surface area contributed by atoms with E-state index in [0.29, 0.717) is 12.0 Å². The zero-order valence-electron chi connectivity index (χ0n) is 8.57. The number of alkyl halides is 2. The van der Waals surface area contributed by atoms with E-state index in [1.807, 2.05) is 0 Å². The summed E-state index contributed by atoms with van der Waals surface area (Å²) in [5, 5.41) is 0. The third-order valence-corrected chi connectivity index (χ3v) is 1.97. The van der Waals surface area contributed by atoms with Gasteiger partial charge in [0.25, 0.3) is 6.43 Å². The van der Waals surface area contributed by atoms with E-state index < -0.39 is 24.9 Å². The van der Waals surface area contributed by atoms with Crippen molar-refractivity contribution in [2.24, 2.45) is 5.73 Å². The molecule has 2 N–H and O–H groups in total. The summed E-state index contributed by atoms with van der Waals surface area (Å²) >= 11 is 0. The Balaban J connectivity index is 2.32. The molecule has 90 valence electrons. The minimum atomic E-state index is -2.48. The first kappa shape index (κ1) is 12.9. The number of hydrogen-bond donors (Lipinski definition) is 1. The molecule has 1 atom stereocenters. The van der Waals surface area contributed by atoms with Crippen LogP contribution in [-0.2, 0) is 4.74 Å². The molecule has 3 nitrogen and oxygen atoms in total. The highest BCUT2D eigenvalue weighted by molar-refractivity contribution is 5.14. The number of hydrogen-bond acceptors (Lipinski definition) is 3. The molecule has 0 aliphatic heterocycles. The van der Waals surface area contributed by atoms with Gasteiger partial charge in [-0.1, -0.05) is 0 Å². The summed E-state index contributed by atoms with van der Waals surface area (Å²) < 4.78 is 40.9. The molecule has 0 radical (unpaired) electrons. The summed E-state index contributed by atoms with van der Waals surface area (Å²) in [5.74, 6) is -0.471. The minimum Gasteiger partial charge on any atom is -0.375 e. The first-order valence-electron chi connectivity index (χ1n) is 4.81. The van der Waals surface area contributed by atoms with Crippen LogP contribution in [-0.4, -0.2) is 24.6 Å². The summed E-state index contributed by atoms with van der Waals surface area (Å²) in [6, 6.07) is 0.811. The van der Waals surface area contributed by atoms with Crippen molar-refractivity contribution in [3.8, 4) is 0 Å². The van der Waals surface area contributed by atoms with Gasteiger partial charge in [-0.3, -0.25) is 4.98 Å². The normalized spacial score (nSPS) is 13.1. The molecule has 16 heavy (non-hydrogen) atoms. The van der Waals surface area contributed by atoms with Crippen LogP contribution in [0.2, 0.25) is 0 Å². The van der Waals surface area contributed by atoms with Crippen molar-refractivity contribution in [2.45, 2.75) is 18.9 Å². The van der Waals surface area contributed by atoms with Gasteiger partial charge < -0.3 is 10.5 Å². The first-order valence-corrected chi connectivity index (χ1v) is 4.81. The average Bonchev–Trinajstić information content (AvgIpc) is 2.24. The fourth-order valence-electron chi connectivity index (χ4n) is 1.18. The van der Waals surface area contributed by atoms with Crippen molar-refractivity contribution in [2.75, 3.05) is 13.2 Å². The van der Waals surface area contributed by atoms with E-state index in [-0.39, 0.29) is 6.61 Å². The van der Waals surface area contributed by atoms with E-state index in [0.717, 1.165) is 6.20 Å². The number of nitrogens with zero attached hydrogens (tertiary/aromatic N) is 1. The number of rotatable bonds is 6. The monoisotopic (exact) mass is 234 g/mol. The van der Waals surface area contributed by atoms with E-state index in [1.54, 1.807) is 0 Å². The molecule has 0 aromatic carbocycles. The fraction of sp³-hybridized carbons (Fsp3) is 0.500. The van der Waals surface area contributed by atoms with Crippen molar-refractivity contribution in [3.63, 3.8) is 0 Å². The molecule has 0 aliphatic carbocycles. The molecule has 0 aliphatic rings. The van der Waals surface area contributed by atoms with Crippen molar-refractivity contribution in [1.82, 2.24) is 4.98 Å². The number of pyridine rings is 1. The Labute approximate surface area is 91.4 Å². The molecule has 6 heteroatoms. The molecule has 1 aromatic heterocycles. The predicted octanol–water partition coefficient (Wildman–Crippen LogP) is 1.89. The van der Waals surface area contributed by atoms with Gasteiger partial charge in [0.05, 0.1) is 6.20 Å². The third kappa shape index (κ3) is 4.59. The number of aromatic nitrogens is 1. The summed E-state index contributed by atoms with van der Waals surface area (Å²) in [4.78, 5) is 3.65. The average molecular weight is 234 g/mol. The van der Waals surface area contributed by atoms with Gasteiger partial charge in [0.1, 0.15) is 12.4 Å². The lowest BCUT2D eigenvalue weighted by molar-refractivity contribution is 0.0152. The Hall–Kier alpha value is -1.14. The van der Waals surface area contributed by atoms with Crippen LogP contribution >= 0.6 is 0 Å². The summed E-state index contributed by atoms with van der Waals surface area (Å²) in [5.41, 5.74) is 6.23. The molecule has 1 unspecified atom stereocenters. The summed E-state index contributed by atoms with van der Waals surface area (Å²) in [6.45, 7) is -0.490. The largest absolute Gasteiger partial charge is 0.375 e. The second kappa shape index (κ2) is 6.44. The Bertz CT molecular complexity index is 323. The molecule has 0 saturated carbocycles. The molecule has 1 aromatic rings. The molecule has 0 spiro atoms. The van der Waals surface area contributed by atoms with E-state index in [2.05, 4.69) is 9.72 Å². The minimum absolute atomic E-state index is 0.113. The molecular weight excluding hydrogens is 221 g/mol. The number of halogens is 3. The molecule has 0 fully saturated rings. The zero-order chi connectivity index (χ0) is 12.0. The maximum Gasteiger partial charge on any atom is 0.261 e. The lowest BCUT2D eigenvalue weighted by Crippen LogP contribution is -2.15. The molecular formula is C10H13F3N2O. The SMILES string of the molecule is NC(CCOCC(F)F)c1cncc(F)c1. The highest BCUT2D eigenvalue weighted by Gasteiger charge is 2.08. The van der Waals surface area contributed by atoms with Crippen LogP contribution in [0.4, 0.5) is 13.2 Å². The van der Waals surface area contributed by atoms with Crippen molar-refractivity contribution in [3.05, 3.63) is 29.8 Å². The Morgan fingerprint density at radius 1 is 1.38 bits per heavy atom. The molecule has 1 rings (SSSR count). The molecule has 0 amide bonds. The van der Waals surface area contributed by atoms with Crippen LogP contribution in [0.15, 0.2) is 18.5 Å². The van der Waals surface area contributed by atoms with Crippen LogP contribution < -0.4 is 5.73 Å². The topological polar surface area (TPSA) is 48.1 Å². The fourth-order valence-corrected chi connectivity index (χ4v) is 1.18. The highest BCUT2D eigenvalue weighted by atomic mass is 19.3. The van der Waals surface area contributed by atoms with E-state index in [9.17, 15) is 13.2 Å². The van der Waals surface area contributed by atoms with Crippen molar-refractivity contribution >= 4 is 0 Å². The van der Waals surface area contributed by atoms with E-state index >= 15 is 0 Å². The maximum absolute atomic E-state index is 12.8. The van der Waals surface area contributed by atoms with Gasteiger partial charge in [-0.15, -0.1) is 0 Å². The van der Waals surface area contributed by atoms with Gasteiger partial charge in [-0.05, 0) is 18.1 Å². The summed E-state index contributed by atoms with van der Waals surface area (Å²) in [7, 11) is 0. The van der Waals surface area contributed by atoms with Crippen LogP contribution in [0.5, 0.6) is 0 Å². The van der Waals surface area contributed by atoms with Crippen LogP contribution in [0.1, 0.15) is 18.0 Å². The summed E-state index contributed by atoms with van der Waals surface area (Å²) in [6.07, 6.45) is 0.384. The van der Waals surface area contributed by atoms with Crippen LogP contribution in [0.25, 0.3) is 0 Å². The number of ether oxygens (including phenoxy) is 1. The highest BCUT2D eigenvalue weighted by Crippen LogP contribution is 2.13. The van der Waals surface area contributed by atoms with Gasteiger partial charge in [-0.2, -0.15) is 0 Å². The zero-order valence-corrected chi connectivity index (χ0v) is 8.57. The lowest BCUT2D eigenvalue weighted by Gasteiger charge is -2.11. The second-order valence-electron chi connectivity index (χ2n) is 3.30. The van der Waals surface area contributed by atoms with Crippen LogP contribution in [0.3, 0.4) is 0 Å². The lowest BCUT2D eigenvalue weighted by atomic mass is 10.1. The standard InChI is InChI=1S/C10H13F3N2O/c11-8-3-7(4-15-5-8)9(14)1-2-16-6-10(12)13/h3-5,9-10H,1-2,6,14H2. The molecule has 1 heterocycles. The Morgan fingerprint density at radius 3 is 2.75 bits per heavy atom. The number of nitrogens with two attached hydrogens (primary N) is 1. The maximum atomic E-state index is 12.8. The predicted molar refractivity (Wildman–Crippen MR) is 52.6 cm³/mol. The van der Waals surface area contributed by atoms with Gasteiger partial charge >= 0.3 is 0 Å². The third-order valence-electron chi connectivity index (χ3n) is 1.97. The first-order chi connectivity index (χ1) is 7.59. The van der Waals surface area contributed by atoms with Crippen molar-refractivity contribution in [1.29, 1.82) is 0 Å². The second-order valence-corrected chi connectivity index (χ2v) is 3.30. The van der Waals surface area contributed by atoms with E-state index in [1.165, 1.54) is 12.3 Å². The molecule has 0 saturated heterocycles. The van der Waals surface area contributed by atoms with Crippen LogP contribution in [0, 0.1) is 5.82 Å². The molecule has 0 bridgehead atoms. The van der Waals surface area contributed by atoms with Gasteiger partial charge in [0, 0.05) is 18.8 Å². The quantitative estimate of drug-likeness (QED) is 0.764.